The molecule has 0 saturated carbocycles. The van der Waals surface area contributed by atoms with Gasteiger partial charge in [-0.1, -0.05) is 54.6 Å². The monoisotopic (exact) mass is 439 g/mol. The van der Waals surface area contributed by atoms with E-state index in [1.165, 1.54) is 18.5 Å². The first kappa shape index (κ1) is 20.8. The predicted molar refractivity (Wildman–Crippen MR) is 124 cm³/mol. The Labute approximate surface area is 191 Å². The quantitative estimate of drug-likeness (QED) is 0.477. The Morgan fingerprint density at radius 2 is 1.70 bits per heavy atom. The Hall–Kier alpha value is -4.06. The van der Waals surface area contributed by atoms with E-state index in [-0.39, 0.29) is 24.2 Å². The van der Waals surface area contributed by atoms with Gasteiger partial charge >= 0.3 is 0 Å². The molecule has 1 amide bonds. The van der Waals surface area contributed by atoms with E-state index in [9.17, 15) is 9.18 Å². The van der Waals surface area contributed by atoms with Crippen molar-refractivity contribution in [3.8, 4) is 28.0 Å². The Morgan fingerprint density at radius 3 is 2.45 bits per heavy atom. The average molecular weight is 439 g/mol. The molecule has 1 aliphatic heterocycles. The number of carbonyl (C=O) groups is 1. The maximum absolute atomic E-state index is 14.2. The van der Waals surface area contributed by atoms with Gasteiger partial charge in [-0.15, -0.1) is 0 Å². The van der Waals surface area contributed by atoms with Crippen LogP contribution in [0.15, 0.2) is 85.5 Å². The third kappa shape index (κ3) is 4.75. The number of halogens is 1. The van der Waals surface area contributed by atoms with E-state index in [2.05, 4.69) is 27.4 Å². The van der Waals surface area contributed by atoms with E-state index in [4.69, 9.17) is 4.74 Å². The first-order valence-corrected chi connectivity index (χ1v) is 10.8. The van der Waals surface area contributed by atoms with Crippen molar-refractivity contribution in [1.29, 1.82) is 0 Å². The summed E-state index contributed by atoms with van der Waals surface area (Å²) in [7, 11) is 0. The summed E-state index contributed by atoms with van der Waals surface area (Å²) in [4.78, 5) is 20.5. The zero-order valence-electron chi connectivity index (χ0n) is 17.9. The van der Waals surface area contributed by atoms with E-state index in [1.54, 1.807) is 12.4 Å². The molecule has 4 aromatic rings. The summed E-state index contributed by atoms with van der Waals surface area (Å²) in [5, 5.41) is 2.95. The van der Waals surface area contributed by atoms with Gasteiger partial charge in [-0.3, -0.25) is 4.79 Å². The largest absolute Gasteiger partial charge is 0.487 e. The number of nitrogens with zero attached hydrogens (tertiary/aromatic N) is 2. The molecule has 2 heterocycles. The predicted octanol–water partition coefficient (Wildman–Crippen LogP) is 4.61. The summed E-state index contributed by atoms with van der Waals surface area (Å²) in [6.07, 6.45) is 5.25. The van der Waals surface area contributed by atoms with Gasteiger partial charge in [0, 0.05) is 35.5 Å². The minimum Gasteiger partial charge on any atom is -0.487 e. The van der Waals surface area contributed by atoms with Gasteiger partial charge in [0.15, 0.2) is 0 Å². The molecule has 0 spiro atoms. The molecule has 5 nitrogen and oxygen atoms in total. The maximum Gasteiger partial charge on any atom is 0.224 e. The molecule has 0 aliphatic carbocycles. The number of hydrogen-bond donors (Lipinski definition) is 1. The van der Waals surface area contributed by atoms with Crippen LogP contribution in [0.2, 0.25) is 0 Å². The highest BCUT2D eigenvalue weighted by molar-refractivity contribution is 5.79. The van der Waals surface area contributed by atoms with Gasteiger partial charge in [-0.25, -0.2) is 14.4 Å². The van der Waals surface area contributed by atoms with Crippen LogP contribution >= 0.6 is 0 Å². The summed E-state index contributed by atoms with van der Waals surface area (Å²) < 4.78 is 20.2. The standard InChI is InChI=1S/C27H22FN3O2/c28-23-11-21-12-24(33-27(21)25(13-23)22-14-29-17-30-15-22)16-31-26(32)10-18-6-8-20(9-7-18)19-4-2-1-3-5-19/h1-9,11,13-15,17,24H,10,12,16H2,(H,31,32)/t24-/m1/s1. The van der Waals surface area contributed by atoms with Crippen LogP contribution in [-0.4, -0.2) is 28.5 Å². The highest BCUT2D eigenvalue weighted by Gasteiger charge is 2.27. The van der Waals surface area contributed by atoms with E-state index in [1.807, 2.05) is 42.5 Å². The second-order valence-electron chi connectivity index (χ2n) is 8.06. The van der Waals surface area contributed by atoms with Gasteiger partial charge in [0.05, 0.1) is 13.0 Å². The van der Waals surface area contributed by atoms with Crippen molar-refractivity contribution in [3.05, 3.63) is 102 Å². The molecular formula is C27H22FN3O2. The first-order valence-electron chi connectivity index (χ1n) is 10.8. The molecule has 164 valence electrons. The molecular weight excluding hydrogens is 417 g/mol. The molecule has 1 N–H and O–H groups in total. The highest BCUT2D eigenvalue weighted by atomic mass is 19.1. The third-order valence-corrected chi connectivity index (χ3v) is 5.69. The summed E-state index contributed by atoms with van der Waals surface area (Å²) in [6.45, 7) is 0.349. The zero-order valence-corrected chi connectivity index (χ0v) is 17.9. The fourth-order valence-electron chi connectivity index (χ4n) is 4.08. The normalized spacial score (nSPS) is 14.4. The summed E-state index contributed by atoms with van der Waals surface area (Å²) >= 11 is 0. The first-order chi connectivity index (χ1) is 16.2. The molecule has 3 aromatic carbocycles. The van der Waals surface area contributed by atoms with Crippen LogP contribution in [0.4, 0.5) is 4.39 Å². The molecule has 1 aliphatic rings. The van der Waals surface area contributed by atoms with Crippen LogP contribution < -0.4 is 10.1 Å². The summed E-state index contributed by atoms with van der Waals surface area (Å²) in [5.41, 5.74) is 5.30. The van der Waals surface area contributed by atoms with Crippen molar-refractivity contribution >= 4 is 5.91 Å². The van der Waals surface area contributed by atoms with Crippen molar-refractivity contribution in [1.82, 2.24) is 15.3 Å². The van der Waals surface area contributed by atoms with E-state index < -0.39 is 0 Å². The summed E-state index contributed by atoms with van der Waals surface area (Å²) in [6, 6.07) is 21.0. The van der Waals surface area contributed by atoms with Crippen molar-refractivity contribution in [2.24, 2.45) is 0 Å². The zero-order chi connectivity index (χ0) is 22.6. The second kappa shape index (κ2) is 9.20. The van der Waals surface area contributed by atoms with Crippen LogP contribution in [0.25, 0.3) is 22.3 Å². The number of rotatable bonds is 6. The molecule has 0 saturated heterocycles. The van der Waals surface area contributed by atoms with Gasteiger partial charge in [0.1, 0.15) is 24.0 Å². The van der Waals surface area contributed by atoms with Crippen LogP contribution in [-0.2, 0) is 17.6 Å². The van der Waals surface area contributed by atoms with Crippen LogP contribution in [0.1, 0.15) is 11.1 Å². The number of nitrogens with one attached hydrogen (secondary N) is 1. The average Bonchev–Trinajstić information content (AvgIpc) is 3.26. The second-order valence-corrected chi connectivity index (χ2v) is 8.06. The van der Waals surface area contributed by atoms with Crippen molar-refractivity contribution in [2.75, 3.05) is 6.54 Å². The van der Waals surface area contributed by atoms with Gasteiger partial charge in [-0.2, -0.15) is 0 Å². The lowest BCUT2D eigenvalue weighted by Crippen LogP contribution is -2.35. The van der Waals surface area contributed by atoms with Gasteiger partial charge in [-0.05, 0) is 28.8 Å². The molecule has 1 aromatic heterocycles. The molecule has 0 unspecified atom stereocenters. The van der Waals surface area contributed by atoms with E-state index >= 15 is 0 Å². The molecule has 0 fully saturated rings. The van der Waals surface area contributed by atoms with Crippen LogP contribution in [0.5, 0.6) is 5.75 Å². The van der Waals surface area contributed by atoms with Gasteiger partial charge in [0.25, 0.3) is 0 Å². The minimum absolute atomic E-state index is 0.0788. The maximum atomic E-state index is 14.2. The number of aromatic nitrogens is 2. The molecule has 6 heteroatoms. The van der Waals surface area contributed by atoms with Gasteiger partial charge < -0.3 is 10.1 Å². The number of hydrogen-bond acceptors (Lipinski definition) is 4. The Kier molecular flexibility index (Phi) is 5.81. The van der Waals surface area contributed by atoms with Gasteiger partial charge in [0.2, 0.25) is 5.91 Å². The number of amides is 1. The number of carbonyl (C=O) groups excluding carboxylic acids is 1. The Bertz CT molecular complexity index is 1260. The Balaban J connectivity index is 1.19. The smallest absolute Gasteiger partial charge is 0.224 e. The van der Waals surface area contributed by atoms with Crippen molar-refractivity contribution in [2.45, 2.75) is 18.9 Å². The topological polar surface area (TPSA) is 64.1 Å². The fourth-order valence-corrected chi connectivity index (χ4v) is 4.08. The molecule has 0 bridgehead atoms. The SMILES string of the molecule is O=C(Cc1ccc(-c2ccccc2)cc1)NC[C@H]1Cc2cc(F)cc(-c3cncnc3)c2O1. The Morgan fingerprint density at radius 1 is 0.970 bits per heavy atom. The molecule has 5 rings (SSSR count). The lowest BCUT2D eigenvalue weighted by molar-refractivity contribution is -0.120. The lowest BCUT2D eigenvalue weighted by atomic mass is 10.0. The number of benzene rings is 3. The minimum atomic E-state index is -0.333. The molecule has 1 atom stereocenters. The fraction of sp³-hybridized carbons (Fsp3) is 0.148. The third-order valence-electron chi connectivity index (χ3n) is 5.69. The molecule has 33 heavy (non-hydrogen) atoms. The number of fused-ring (bicyclic) bond motifs is 1. The lowest BCUT2D eigenvalue weighted by Gasteiger charge is -2.14. The van der Waals surface area contributed by atoms with Crippen LogP contribution in [0.3, 0.4) is 0 Å². The summed E-state index contributed by atoms with van der Waals surface area (Å²) in [5.74, 6) is 0.215. The van der Waals surface area contributed by atoms with Crippen molar-refractivity contribution < 1.29 is 13.9 Å². The molecule has 0 radical (unpaired) electrons. The highest BCUT2D eigenvalue weighted by Crippen LogP contribution is 2.39. The van der Waals surface area contributed by atoms with E-state index in [0.717, 1.165) is 22.3 Å². The van der Waals surface area contributed by atoms with Crippen LogP contribution in [0, 0.1) is 5.82 Å². The van der Waals surface area contributed by atoms with Crippen molar-refractivity contribution in [3.63, 3.8) is 0 Å². The number of ether oxygens (including phenoxy) is 1. The van der Waals surface area contributed by atoms with E-state index in [0.29, 0.717) is 29.8 Å².